The van der Waals surface area contributed by atoms with E-state index in [9.17, 15) is 4.79 Å². The van der Waals surface area contributed by atoms with Crippen molar-refractivity contribution in [3.63, 3.8) is 0 Å². The Balaban J connectivity index is 0. The number of nitrogens with one attached hydrogen (secondary N) is 1. The fourth-order valence-electron chi connectivity index (χ4n) is 0.352. The minimum atomic E-state index is -0.333. The molecule has 0 aromatic carbocycles. The van der Waals surface area contributed by atoms with Crippen molar-refractivity contribution in [3.05, 3.63) is 24.3 Å². The van der Waals surface area contributed by atoms with Crippen LogP contribution in [0.2, 0.25) is 0 Å². The van der Waals surface area contributed by atoms with Crippen molar-refractivity contribution in [1.82, 2.24) is 9.97 Å². The SMILES string of the molecule is N=C(N)N.O=[C-]c1cnccn1.[Na+]. The second kappa shape index (κ2) is 9.11. The monoisotopic (exact) mass is 189 g/mol. The van der Waals surface area contributed by atoms with E-state index in [0.29, 0.717) is 0 Å². The maximum atomic E-state index is 9.78. The number of hydrogen-bond acceptors (Lipinski definition) is 4. The van der Waals surface area contributed by atoms with Crippen LogP contribution >= 0.6 is 0 Å². The maximum Gasteiger partial charge on any atom is 1.00 e. The normalized spacial score (nSPS) is 7.08. The quantitative estimate of drug-likeness (QED) is 0.179. The molecule has 7 heteroatoms. The average Bonchev–Trinajstić information content (AvgIpc) is 2.05. The van der Waals surface area contributed by atoms with E-state index >= 15 is 0 Å². The number of carbonyl (C=O) groups excluding carboxylic acids is 1. The number of hydrogen-bond donors (Lipinski definition) is 3. The third-order valence-corrected chi connectivity index (χ3v) is 0.668. The molecule has 0 fully saturated rings. The van der Waals surface area contributed by atoms with Gasteiger partial charge in [-0.1, -0.05) is 6.20 Å². The summed E-state index contributed by atoms with van der Waals surface area (Å²) in [5.41, 5.74) is 9.19. The minimum absolute atomic E-state index is 0. The summed E-state index contributed by atoms with van der Waals surface area (Å²) in [7, 11) is 0. The van der Waals surface area contributed by atoms with Crippen LogP contribution in [0.25, 0.3) is 0 Å². The molecule has 0 saturated carbocycles. The van der Waals surface area contributed by atoms with Crippen molar-refractivity contribution in [2.45, 2.75) is 0 Å². The summed E-state index contributed by atoms with van der Waals surface area (Å²) in [5.74, 6) is -0.333. The molecule has 0 atom stereocenters. The summed E-state index contributed by atoms with van der Waals surface area (Å²) in [6, 6.07) is 0. The molecular formula is C6H8N5NaO. The van der Waals surface area contributed by atoms with Gasteiger partial charge in [-0.25, -0.2) is 0 Å². The largest absolute Gasteiger partial charge is 1.00 e. The molecule has 0 spiro atoms. The van der Waals surface area contributed by atoms with Gasteiger partial charge in [0.25, 0.3) is 0 Å². The summed E-state index contributed by atoms with van der Waals surface area (Å²) in [6.07, 6.45) is 5.90. The zero-order valence-electron chi connectivity index (χ0n) is 7.19. The van der Waals surface area contributed by atoms with Crippen LogP contribution in [-0.4, -0.2) is 22.2 Å². The molecule has 1 rings (SSSR count). The van der Waals surface area contributed by atoms with Crippen LogP contribution < -0.4 is 41.0 Å². The van der Waals surface area contributed by atoms with E-state index in [4.69, 9.17) is 5.41 Å². The molecule has 0 unspecified atom stereocenters. The molecule has 0 radical (unpaired) electrons. The maximum absolute atomic E-state index is 9.78. The van der Waals surface area contributed by atoms with Gasteiger partial charge in [0.2, 0.25) is 0 Å². The molecule has 64 valence electrons. The predicted molar refractivity (Wildman–Crippen MR) is 42.9 cm³/mol. The molecule has 5 N–H and O–H groups in total. The van der Waals surface area contributed by atoms with Crippen molar-refractivity contribution in [2.75, 3.05) is 0 Å². The molecule has 1 aromatic heterocycles. The van der Waals surface area contributed by atoms with Gasteiger partial charge in [-0.15, -0.1) is 0 Å². The number of guanidine groups is 1. The van der Waals surface area contributed by atoms with Gasteiger partial charge in [0.1, 0.15) is 0 Å². The molecule has 1 heterocycles. The molecule has 0 saturated heterocycles. The van der Waals surface area contributed by atoms with E-state index in [1.807, 2.05) is 0 Å². The van der Waals surface area contributed by atoms with E-state index in [-0.39, 0.29) is 41.2 Å². The molecule has 0 aliphatic heterocycles. The minimum Gasteiger partial charge on any atom is -0.417 e. The molecule has 0 aliphatic carbocycles. The van der Waals surface area contributed by atoms with Gasteiger partial charge in [0.05, 0.1) is 0 Å². The third kappa shape index (κ3) is 11.0. The van der Waals surface area contributed by atoms with Gasteiger partial charge in [-0.2, -0.15) is 0 Å². The van der Waals surface area contributed by atoms with Gasteiger partial charge in [-0.3, -0.25) is 10.4 Å². The first-order chi connectivity index (χ1) is 5.66. The Bertz CT molecular complexity index is 248. The Kier molecular flexibility index (Phi) is 10.2. The molecule has 0 bridgehead atoms. The summed E-state index contributed by atoms with van der Waals surface area (Å²) in [4.78, 5) is 17.0. The van der Waals surface area contributed by atoms with Gasteiger partial charge < -0.3 is 21.2 Å². The first-order valence-corrected chi connectivity index (χ1v) is 2.90. The molecular weight excluding hydrogens is 181 g/mol. The van der Waals surface area contributed by atoms with E-state index in [0.717, 1.165) is 0 Å². The molecule has 6 nitrogen and oxygen atoms in total. The fourth-order valence-corrected chi connectivity index (χ4v) is 0.352. The number of aromatic nitrogens is 2. The Hall–Kier alpha value is -0.980. The van der Waals surface area contributed by atoms with Crippen LogP contribution in [0.3, 0.4) is 0 Å². The Morgan fingerprint density at radius 1 is 1.46 bits per heavy atom. The van der Waals surface area contributed by atoms with Crippen LogP contribution in [0, 0.1) is 5.41 Å². The summed E-state index contributed by atoms with van der Waals surface area (Å²) in [5, 5.41) is 6.06. The van der Waals surface area contributed by atoms with E-state index in [1.165, 1.54) is 18.6 Å². The van der Waals surface area contributed by atoms with E-state index in [1.54, 1.807) is 6.29 Å². The zero-order chi connectivity index (χ0) is 9.40. The average molecular weight is 189 g/mol. The zero-order valence-corrected chi connectivity index (χ0v) is 9.19. The third-order valence-electron chi connectivity index (χ3n) is 0.668. The number of nitrogens with zero attached hydrogens (tertiary/aromatic N) is 2. The predicted octanol–water partition coefficient (Wildman–Crippen LogP) is -4.22. The van der Waals surface area contributed by atoms with E-state index in [2.05, 4.69) is 21.4 Å². The topological polar surface area (TPSA) is 119 Å². The van der Waals surface area contributed by atoms with Crippen molar-refractivity contribution in [2.24, 2.45) is 11.5 Å². The summed E-state index contributed by atoms with van der Waals surface area (Å²) >= 11 is 0. The van der Waals surface area contributed by atoms with Gasteiger partial charge in [0, 0.05) is 18.7 Å². The van der Waals surface area contributed by atoms with Crippen molar-refractivity contribution in [3.8, 4) is 0 Å². The second-order valence-corrected chi connectivity index (χ2v) is 1.65. The van der Waals surface area contributed by atoms with E-state index < -0.39 is 0 Å². The second-order valence-electron chi connectivity index (χ2n) is 1.65. The standard InChI is InChI=1S/C5H3N2O.CH5N3.Na/c8-4-5-3-6-1-2-7-5;2-1(3)4;/h1-3H;(H5,2,3,4);/q-1;;+1. The first kappa shape index (κ1) is 14.5. The van der Waals surface area contributed by atoms with Crippen LogP contribution in [-0.2, 0) is 4.79 Å². The Labute approximate surface area is 97.5 Å². The van der Waals surface area contributed by atoms with Crippen molar-refractivity contribution >= 4 is 12.2 Å². The van der Waals surface area contributed by atoms with Crippen molar-refractivity contribution < 1.29 is 34.4 Å². The molecule has 13 heavy (non-hydrogen) atoms. The summed E-state index contributed by atoms with van der Waals surface area (Å²) < 4.78 is 0. The number of nitrogens with two attached hydrogens (primary N) is 2. The smallest absolute Gasteiger partial charge is 0.417 e. The van der Waals surface area contributed by atoms with Crippen LogP contribution in [0.5, 0.6) is 0 Å². The Morgan fingerprint density at radius 3 is 2.23 bits per heavy atom. The molecule has 0 aliphatic rings. The van der Waals surface area contributed by atoms with Gasteiger partial charge in [-0.05, 0) is 5.69 Å². The van der Waals surface area contributed by atoms with Crippen LogP contribution in [0.4, 0.5) is 0 Å². The Morgan fingerprint density at radius 2 is 2.00 bits per heavy atom. The van der Waals surface area contributed by atoms with Crippen LogP contribution in [0.1, 0.15) is 5.69 Å². The number of rotatable bonds is 1. The van der Waals surface area contributed by atoms with Crippen LogP contribution in [0.15, 0.2) is 18.6 Å². The summed E-state index contributed by atoms with van der Waals surface area (Å²) in [6.45, 7) is 0. The van der Waals surface area contributed by atoms with Gasteiger partial charge >= 0.3 is 29.6 Å². The van der Waals surface area contributed by atoms with Crippen molar-refractivity contribution in [1.29, 1.82) is 5.41 Å². The molecule has 0 amide bonds. The fraction of sp³-hybridized carbons (Fsp3) is 0. The van der Waals surface area contributed by atoms with Gasteiger partial charge in [0.15, 0.2) is 5.96 Å². The first-order valence-electron chi connectivity index (χ1n) is 2.90. The molecule has 1 aromatic rings.